The monoisotopic (exact) mass is 339 g/mol. The van der Waals surface area contributed by atoms with Gasteiger partial charge in [0.15, 0.2) is 0 Å². The minimum atomic E-state index is -0.361. The number of likely N-dealkylation sites (tertiary alicyclic amines) is 1. The van der Waals surface area contributed by atoms with Gasteiger partial charge in [-0.25, -0.2) is 0 Å². The number of anilines is 1. The molecule has 1 heterocycles. The highest BCUT2D eigenvalue weighted by atomic mass is 16.2. The van der Waals surface area contributed by atoms with Crippen LogP contribution >= 0.6 is 0 Å². The predicted molar refractivity (Wildman–Crippen MR) is 95.7 cm³/mol. The van der Waals surface area contributed by atoms with Crippen LogP contribution in [0.15, 0.2) is 24.3 Å². The molecule has 1 aliphatic carbocycles. The van der Waals surface area contributed by atoms with E-state index in [2.05, 4.69) is 11.4 Å². The van der Waals surface area contributed by atoms with Gasteiger partial charge < -0.3 is 10.2 Å². The number of benzene rings is 1. The third-order valence-corrected chi connectivity index (χ3v) is 5.30. The summed E-state index contributed by atoms with van der Waals surface area (Å²) in [5.41, 5.74) is 1.64. The molecule has 1 N–H and O–H groups in total. The van der Waals surface area contributed by atoms with Crippen LogP contribution in [0.1, 0.15) is 50.5 Å². The van der Waals surface area contributed by atoms with E-state index in [-0.39, 0.29) is 23.8 Å². The summed E-state index contributed by atoms with van der Waals surface area (Å²) in [6, 6.07) is 9.08. The van der Waals surface area contributed by atoms with Crippen LogP contribution in [0.2, 0.25) is 0 Å². The summed E-state index contributed by atoms with van der Waals surface area (Å²) in [7, 11) is 0. The van der Waals surface area contributed by atoms with Crippen molar-refractivity contribution in [2.45, 2.75) is 57.4 Å². The van der Waals surface area contributed by atoms with Crippen LogP contribution in [0, 0.1) is 17.2 Å². The number of carbonyl (C=O) groups excluding carboxylic acids is 2. The van der Waals surface area contributed by atoms with Gasteiger partial charge in [0.2, 0.25) is 11.8 Å². The maximum Gasteiger partial charge on any atom is 0.247 e. The van der Waals surface area contributed by atoms with Crippen molar-refractivity contribution in [3.8, 4) is 6.07 Å². The Morgan fingerprint density at radius 1 is 1.08 bits per heavy atom. The van der Waals surface area contributed by atoms with Gasteiger partial charge in [-0.2, -0.15) is 5.26 Å². The second-order valence-electron chi connectivity index (χ2n) is 7.05. The number of amides is 2. The van der Waals surface area contributed by atoms with Crippen LogP contribution in [0.5, 0.6) is 0 Å². The lowest BCUT2D eigenvalue weighted by Gasteiger charge is -2.36. The predicted octanol–water partition coefficient (Wildman–Crippen LogP) is 3.26. The Morgan fingerprint density at radius 3 is 2.44 bits per heavy atom. The fourth-order valence-corrected chi connectivity index (χ4v) is 3.90. The second-order valence-corrected chi connectivity index (χ2v) is 7.05. The molecule has 1 atom stereocenters. The Kier molecular flexibility index (Phi) is 5.70. The number of hydrogen-bond donors (Lipinski definition) is 1. The molecule has 0 radical (unpaired) electrons. The topological polar surface area (TPSA) is 73.2 Å². The molecule has 1 saturated heterocycles. The van der Waals surface area contributed by atoms with Crippen molar-refractivity contribution < 1.29 is 9.59 Å². The Balaban J connectivity index is 1.66. The molecule has 1 aliphatic heterocycles. The Morgan fingerprint density at radius 2 is 1.76 bits per heavy atom. The number of hydrogen-bond acceptors (Lipinski definition) is 3. The summed E-state index contributed by atoms with van der Waals surface area (Å²) in [5, 5.41) is 11.7. The summed E-state index contributed by atoms with van der Waals surface area (Å²) in [6.07, 6.45) is 7.22. The van der Waals surface area contributed by atoms with Gasteiger partial charge in [-0.1, -0.05) is 25.0 Å². The maximum atomic E-state index is 12.8. The fourth-order valence-electron chi connectivity index (χ4n) is 3.90. The summed E-state index contributed by atoms with van der Waals surface area (Å²) < 4.78 is 0. The zero-order chi connectivity index (χ0) is 17.6. The van der Waals surface area contributed by atoms with E-state index in [4.69, 9.17) is 5.26 Å². The van der Waals surface area contributed by atoms with Crippen LogP contribution < -0.4 is 5.32 Å². The Bertz CT molecular complexity index is 657. The lowest BCUT2D eigenvalue weighted by molar-refractivity contribution is -0.143. The molecule has 2 fully saturated rings. The van der Waals surface area contributed by atoms with Gasteiger partial charge in [0, 0.05) is 18.2 Å². The van der Waals surface area contributed by atoms with Gasteiger partial charge >= 0.3 is 0 Å². The smallest absolute Gasteiger partial charge is 0.247 e. The first kappa shape index (κ1) is 17.5. The van der Waals surface area contributed by atoms with Crippen molar-refractivity contribution in [1.82, 2.24) is 4.90 Å². The van der Waals surface area contributed by atoms with Crippen molar-refractivity contribution in [3.05, 3.63) is 29.8 Å². The number of carbonyl (C=O) groups is 2. The van der Waals surface area contributed by atoms with Crippen LogP contribution in [-0.2, 0) is 16.0 Å². The number of rotatable bonds is 4. The highest BCUT2D eigenvalue weighted by Crippen LogP contribution is 2.29. The van der Waals surface area contributed by atoms with Crippen LogP contribution in [0.4, 0.5) is 5.69 Å². The largest absolute Gasteiger partial charge is 0.330 e. The van der Waals surface area contributed by atoms with Crippen LogP contribution in [0.3, 0.4) is 0 Å². The molecule has 5 heteroatoms. The van der Waals surface area contributed by atoms with Gasteiger partial charge in [0.05, 0.1) is 12.5 Å². The molecule has 1 saturated carbocycles. The summed E-state index contributed by atoms with van der Waals surface area (Å²) >= 11 is 0. The molecule has 0 bridgehead atoms. The third-order valence-electron chi connectivity index (χ3n) is 5.30. The Labute approximate surface area is 149 Å². The molecule has 25 heavy (non-hydrogen) atoms. The van der Waals surface area contributed by atoms with Crippen molar-refractivity contribution in [1.29, 1.82) is 5.26 Å². The zero-order valence-electron chi connectivity index (χ0n) is 14.5. The van der Waals surface area contributed by atoms with E-state index in [9.17, 15) is 9.59 Å². The fraction of sp³-hybridized carbons (Fsp3) is 0.550. The Hall–Kier alpha value is -2.35. The highest BCUT2D eigenvalue weighted by Gasteiger charge is 2.36. The minimum absolute atomic E-state index is 0.0981. The first-order chi connectivity index (χ1) is 12.2. The maximum absolute atomic E-state index is 12.8. The molecule has 2 amide bonds. The molecule has 0 spiro atoms. The molecular formula is C20H25N3O2. The van der Waals surface area contributed by atoms with E-state index in [1.165, 1.54) is 0 Å². The molecule has 0 aromatic heterocycles. The molecule has 5 nitrogen and oxygen atoms in total. The highest BCUT2D eigenvalue weighted by molar-refractivity contribution is 5.97. The van der Waals surface area contributed by atoms with E-state index < -0.39 is 0 Å². The van der Waals surface area contributed by atoms with Gasteiger partial charge in [-0.15, -0.1) is 0 Å². The van der Waals surface area contributed by atoms with Crippen molar-refractivity contribution in [3.63, 3.8) is 0 Å². The lowest BCUT2D eigenvalue weighted by atomic mass is 9.97. The van der Waals surface area contributed by atoms with Crippen molar-refractivity contribution >= 4 is 17.5 Å². The first-order valence-electron chi connectivity index (χ1n) is 9.26. The van der Waals surface area contributed by atoms with Gasteiger partial charge in [0.1, 0.15) is 6.04 Å². The summed E-state index contributed by atoms with van der Waals surface area (Å²) in [6.45, 7) is 0.689. The summed E-state index contributed by atoms with van der Waals surface area (Å²) in [4.78, 5) is 27.4. The quantitative estimate of drug-likeness (QED) is 0.915. The van der Waals surface area contributed by atoms with Gasteiger partial charge in [-0.3, -0.25) is 9.59 Å². The number of nitrogens with one attached hydrogen (secondary N) is 1. The average molecular weight is 339 g/mol. The third kappa shape index (κ3) is 4.19. The number of piperidine rings is 1. The van der Waals surface area contributed by atoms with Crippen molar-refractivity contribution in [2.75, 3.05) is 11.9 Å². The SMILES string of the molecule is N#CCc1ccc(NC(=O)[C@@H]2CCCCN2C(=O)C2CCCC2)cc1. The number of nitriles is 1. The molecule has 0 unspecified atom stereocenters. The average Bonchev–Trinajstić information content (AvgIpc) is 3.17. The minimum Gasteiger partial charge on any atom is -0.330 e. The van der Waals surface area contributed by atoms with E-state index in [0.717, 1.165) is 50.5 Å². The first-order valence-corrected chi connectivity index (χ1v) is 9.26. The second kappa shape index (κ2) is 8.15. The lowest BCUT2D eigenvalue weighted by Crippen LogP contribution is -2.51. The zero-order valence-corrected chi connectivity index (χ0v) is 14.5. The number of nitrogens with zero attached hydrogens (tertiary/aromatic N) is 2. The van der Waals surface area contributed by atoms with Crippen LogP contribution in [0.25, 0.3) is 0 Å². The van der Waals surface area contributed by atoms with E-state index in [0.29, 0.717) is 18.7 Å². The van der Waals surface area contributed by atoms with E-state index >= 15 is 0 Å². The van der Waals surface area contributed by atoms with E-state index in [1.54, 1.807) is 0 Å². The normalized spacial score (nSPS) is 20.9. The molecule has 2 aliphatic rings. The standard InChI is InChI=1S/C20H25N3O2/c21-13-12-15-8-10-17(11-9-15)22-19(24)18-7-3-4-14-23(18)20(25)16-5-1-2-6-16/h8-11,16,18H,1-7,12,14H2,(H,22,24)/t18-/m0/s1. The molecule has 3 rings (SSSR count). The molecule has 132 valence electrons. The molecular weight excluding hydrogens is 314 g/mol. The van der Waals surface area contributed by atoms with E-state index in [1.807, 2.05) is 29.2 Å². The van der Waals surface area contributed by atoms with Crippen LogP contribution in [-0.4, -0.2) is 29.3 Å². The van der Waals surface area contributed by atoms with Gasteiger partial charge in [-0.05, 0) is 49.8 Å². The van der Waals surface area contributed by atoms with Crippen molar-refractivity contribution in [2.24, 2.45) is 5.92 Å². The molecule has 1 aromatic rings. The van der Waals surface area contributed by atoms with Gasteiger partial charge in [0.25, 0.3) is 0 Å². The molecule has 1 aromatic carbocycles. The summed E-state index contributed by atoms with van der Waals surface area (Å²) in [5.74, 6) is 0.180.